The van der Waals surface area contributed by atoms with Crippen molar-refractivity contribution >= 4 is 46.1 Å². The van der Waals surface area contributed by atoms with E-state index in [4.69, 9.17) is 11.6 Å². The highest BCUT2D eigenvalue weighted by atomic mass is 35.5. The molecule has 1 aliphatic heterocycles. The Labute approximate surface area is 226 Å². The third-order valence-corrected chi connectivity index (χ3v) is 7.14. The Hall–Kier alpha value is -3.91. The van der Waals surface area contributed by atoms with Gasteiger partial charge in [0.05, 0.1) is 21.6 Å². The number of hydrogen-bond donors (Lipinski definition) is 1. The van der Waals surface area contributed by atoms with E-state index >= 15 is 0 Å². The van der Waals surface area contributed by atoms with Crippen LogP contribution in [0.3, 0.4) is 0 Å². The molecule has 1 aromatic heterocycles. The molecule has 15 heteroatoms. The van der Waals surface area contributed by atoms with Crippen LogP contribution in [0, 0.1) is 5.82 Å². The van der Waals surface area contributed by atoms with Crippen molar-refractivity contribution in [1.29, 1.82) is 0 Å². The number of aliphatic carboxylic acids is 1. The number of amidine groups is 1. The fourth-order valence-corrected chi connectivity index (χ4v) is 5.22. The monoisotopic (exact) mass is 584 g/mol. The number of aliphatic imine (C=N–C) groups is 1. The van der Waals surface area contributed by atoms with Crippen LogP contribution in [-0.2, 0) is 29.2 Å². The number of aromatic nitrogens is 2. The van der Waals surface area contributed by atoms with Gasteiger partial charge in [0, 0.05) is 13.1 Å². The van der Waals surface area contributed by atoms with E-state index in [-0.39, 0.29) is 37.5 Å². The van der Waals surface area contributed by atoms with Gasteiger partial charge in [-0.2, -0.15) is 13.2 Å². The van der Waals surface area contributed by atoms with Crippen molar-refractivity contribution in [2.45, 2.75) is 17.8 Å². The maximum atomic E-state index is 14.9. The largest absolute Gasteiger partial charge is 0.480 e. The number of amides is 1. The second kappa shape index (κ2) is 10.7. The molecule has 1 atom stereocenters. The Kier molecular flexibility index (Phi) is 7.70. The van der Waals surface area contributed by atoms with Crippen LogP contribution in [0.25, 0.3) is 5.69 Å². The van der Waals surface area contributed by atoms with Gasteiger partial charge in [-0.3, -0.25) is 23.9 Å². The predicted octanol–water partition coefficient (Wildman–Crippen LogP) is 3.61. The first-order valence-electron chi connectivity index (χ1n) is 11.0. The number of hydrogen-bond acceptors (Lipinski definition) is 6. The lowest BCUT2D eigenvalue weighted by Gasteiger charge is -2.16. The van der Waals surface area contributed by atoms with Crippen LogP contribution in [0.1, 0.15) is 11.3 Å². The summed E-state index contributed by atoms with van der Waals surface area (Å²) in [6.45, 7) is -0.736. The van der Waals surface area contributed by atoms with E-state index in [1.165, 1.54) is 0 Å². The summed E-state index contributed by atoms with van der Waals surface area (Å²) in [5.74, 6) is -3.08. The zero-order valence-electron chi connectivity index (χ0n) is 19.8. The van der Waals surface area contributed by atoms with Crippen LogP contribution in [0.2, 0.25) is 5.02 Å². The molecule has 1 unspecified atom stereocenters. The SMILES string of the molecule is Cn1c(C(F)(F)F)cc(=O)n(-c2cc(/N=C3\SC(Cc4ccccc4)C(=O)N3CC(=O)O)c(Cl)cc2F)c1=O. The molecule has 1 aliphatic rings. The van der Waals surface area contributed by atoms with E-state index in [1.807, 2.05) is 0 Å². The van der Waals surface area contributed by atoms with Crippen molar-refractivity contribution in [3.63, 3.8) is 0 Å². The van der Waals surface area contributed by atoms with Gasteiger partial charge in [0.15, 0.2) is 5.17 Å². The van der Waals surface area contributed by atoms with E-state index in [9.17, 15) is 41.8 Å². The summed E-state index contributed by atoms with van der Waals surface area (Å²) < 4.78 is 54.8. The summed E-state index contributed by atoms with van der Waals surface area (Å²) in [5, 5.41) is 8.16. The minimum Gasteiger partial charge on any atom is -0.480 e. The second-order valence-corrected chi connectivity index (χ2v) is 9.88. The Morgan fingerprint density at radius 2 is 1.79 bits per heavy atom. The average molecular weight is 585 g/mol. The first-order valence-corrected chi connectivity index (χ1v) is 12.3. The summed E-state index contributed by atoms with van der Waals surface area (Å²) in [6.07, 6.45) is -4.77. The normalized spacial score (nSPS) is 16.8. The van der Waals surface area contributed by atoms with Crippen LogP contribution >= 0.6 is 23.4 Å². The van der Waals surface area contributed by atoms with Crippen LogP contribution in [-0.4, -0.2) is 48.0 Å². The minimum absolute atomic E-state index is 0.0875. The Morgan fingerprint density at radius 3 is 2.41 bits per heavy atom. The lowest BCUT2D eigenvalue weighted by Crippen LogP contribution is -2.41. The van der Waals surface area contributed by atoms with Gasteiger partial charge >= 0.3 is 17.8 Å². The molecule has 0 radical (unpaired) electrons. The Bertz CT molecular complexity index is 1620. The lowest BCUT2D eigenvalue weighted by molar-refractivity contribution is -0.144. The quantitative estimate of drug-likeness (QED) is 0.443. The van der Waals surface area contributed by atoms with Crippen molar-refractivity contribution < 1.29 is 32.3 Å². The molecule has 0 saturated carbocycles. The molecule has 1 N–H and O–H groups in total. The van der Waals surface area contributed by atoms with E-state index < -0.39 is 58.3 Å². The van der Waals surface area contributed by atoms with Gasteiger partial charge in [-0.1, -0.05) is 53.7 Å². The number of rotatable bonds is 6. The number of carbonyl (C=O) groups excluding carboxylic acids is 1. The number of carboxylic acids is 1. The third kappa shape index (κ3) is 5.76. The molecule has 2 heterocycles. The molecule has 204 valence electrons. The number of alkyl halides is 3. The standard InChI is InChI=1S/C24H17ClF4N4O5S/c1-31-18(24(27,28)29)10-19(34)33(23(31)38)16-9-15(13(25)8-14(16)26)30-22-32(11-20(35)36)21(37)17(39-22)7-12-5-3-2-4-6-12/h2-6,8-10,17H,7,11H2,1H3,(H,35,36)/b30-22-. The fraction of sp³-hybridized carbons (Fsp3) is 0.208. The number of thioether (sulfide) groups is 1. The first kappa shape index (κ1) is 28.1. The minimum atomic E-state index is -5.02. The summed E-state index contributed by atoms with van der Waals surface area (Å²) >= 11 is 7.06. The highest BCUT2D eigenvalue weighted by Crippen LogP contribution is 2.35. The van der Waals surface area contributed by atoms with Gasteiger partial charge in [0.25, 0.3) is 5.56 Å². The number of halogens is 5. The summed E-state index contributed by atoms with van der Waals surface area (Å²) in [6, 6.07) is 10.6. The molecular weight excluding hydrogens is 568 g/mol. The van der Waals surface area contributed by atoms with Crippen molar-refractivity contribution in [1.82, 2.24) is 14.0 Å². The molecular formula is C24H17ClF4N4O5S. The van der Waals surface area contributed by atoms with E-state index in [1.54, 1.807) is 30.3 Å². The molecule has 2 aromatic carbocycles. The van der Waals surface area contributed by atoms with Gasteiger partial charge in [-0.15, -0.1) is 0 Å². The average Bonchev–Trinajstić information content (AvgIpc) is 3.12. The maximum absolute atomic E-state index is 14.9. The molecule has 1 saturated heterocycles. The smallest absolute Gasteiger partial charge is 0.431 e. The molecule has 4 rings (SSSR count). The molecule has 3 aromatic rings. The van der Waals surface area contributed by atoms with Crippen LogP contribution in [0.15, 0.2) is 63.1 Å². The zero-order chi connectivity index (χ0) is 28.6. The number of nitrogens with zero attached hydrogens (tertiary/aromatic N) is 4. The molecule has 0 spiro atoms. The highest BCUT2D eigenvalue weighted by molar-refractivity contribution is 8.15. The highest BCUT2D eigenvalue weighted by Gasteiger charge is 2.39. The van der Waals surface area contributed by atoms with E-state index in [0.717, 1.165) is 35.3 Å². The van der Waals surface area contributed by atoms with Crippen molar-refractivity contribution in [3.05, 3.63) is 91.5 Å². The lowest BCUT2D eigenvalue weighted by atomic mass is 10.1. The summed E-state index contributed by atoms with van der Waals surface area (Å²) in [4.78, 5) is 54.7. The maximum Gasteiger partial charge on any atom is 0.431 e. The van der Waals surface area contributed by atoms with Crippen molar-refractivity contribution in [2.24, 2.45) is 12.0 Å². The van der Waals surface area contributed by atoms with Gasteiger partial charge in [0.2, 0.25) is 5.91 Å². The Morgan fingerprint density at radius 1 is 1.13 bits per heavy atom. The van der Waals surface area contributed by atoms with Gasteiger partial charge in [-0.05, 0) is 24.1 Å². The fourth-order valence-electron chi connectivity index (χ4n) is 3.84. The molecule has 9 nitrogen and oxygen atoms in total. The first-order chi connectivity index (χ1) is 18.3. The molecule has 0 bridgehead atoms. The van der Waals surface area contributed by atoms with Crippen molar-refractivity contribution in [2.75, 3.05) is 6.54 Å². The number of carbonyl (C=O) groups is 2. The molecule has 1 fully saturated rings. The van der Waals surface area contributed by atoms with Gasteiger partial charge in [0.1, 0.15) is 18.1 Å². The number of carboxylic acid groups (broad SMARTS) is 1. The second-order valence-electron chi connectivity index (χ2n) is 8.31. The van der Waals surface area contributed by atoms with E-state index in [0.29, 0.717) is 6.07 Å². The van der Waals surface area contributed by atoms with Crippen LogP contribution in [0.4, 0.5) is 23.2 Å². The van der Waals surface area contributed by atoms with Gasteiger partial charge in [-0.25, -0.2) is 18.7 Å². The van der Waals surface area contributed by atoms with Crippen molar-refractivity contribution in [3.8, 4) is 5.69 Å². The summed E-state index contributed by atoms with van der Waals surface area (Å²) in [7, 11) is 0.771. The molecule has 39 heavy (non-hydrogen) atoms. The third-order valence-electron chi connectivity index (χ3n) is 5.66. The predicted molar refractivity (Wildman–Crippen MR) is 135 cm³/mol. The van der Waals surface area contributed by atoms with Gasteiger partial charge < -0.3 is 5.11 Å². The topological polar surface area (TPSA) is 114 Å². The Balaban J connectivity index is 1.80. The molecule has 1 amide bonds. The van der Waals surface area contributed by atoms with E-state index in [2.05, 4.69) is 4.99 Å². The van der Waals surface area contributed by atoms with Crippen LogP contribution < -0.4 is 11.2 Å². The summed E-state index contributed by atoms with van der Waals surface area (Å²) in [5.41, 5.74) is -4.65. The van der Waals surface area contributed by atoms with Crippen LogP contribution in [0.5, 0.6) is 0 Å². The zero-order valence-corrected chi connectivity index (χ0v) is 21.3. The number of benzene rings is 2. The molecule has 0 aliphatic carbocycles.